The Hall–Kier alpha value is -2.89. The van der Waals surface area contributed by atoms with E-state index in [9.17, 15) is 0 Å². The Bertz CT molecular complexity index is 1240. The molecular weight excluding hydrogens is 395 g/mol. The summed E-state index contributed by atoms with van der Waals surface area (Å²) in [5.41, 5.74) is 5.95. The number of fused-ring (bicyclic) bond motifs is 1. The zero-order chi connectivity index (χ0) is 22.5. The van der Waals surface area contributed by atoms with Crippen LogP contribution in [0, 0.1) is 0 Å². The molecule has 5 rings (SSSR count). The average Bonchev–Trinajstić information content (AvgIpc) is 3.27. The molecule has 0 saturated carbocycles. The van der Waals surface area contributed by atoms with Crippen molar-refractivity contribution in [3.05, 3.63) is 78.6 Å². The van der Waals surface area contributed by atoms with Crippen LogP contribution in [0.4, 0.5) is 0 Å². The number of hydrogen-bond donors (Lipinski definition) is 0. The number of imidazole rings is 1. The van der Waals surface area contributed by atoms with Crippen LogP contribution >= 0.6 is 0 Å². The number of hydrogen-bond acceptors (Lipinski definition) is 3. The molecular formula is C27H29BN2O2. The van der Waals surface area contributed by atoms with Crippen LogP contribution in [0.2, 0.25) is 0 Å². The number of aryl methyl sites for hydroxylation is 1. The zero-order valence-corrected chi connectivity index (χ0v) is 19.4. The van der Waals surface area contributed by atoms with Crippen LogP contribution in [-0.2, 0) is 15.7 Å². The molecule has 0 unspecified atom stereocenters. The van der Waals surface area contributed by atoms with Crippen molar-refractivity contribution in [3.63, 3.8) is 0 Å². The maximum Gasteiger partial charge on any atom is 0.494 e. The number of aromatic nitrogens is 2. The summed E-state index contributed by atoms with van der Waals surface area (Å²) in [6, 6.07) is 25.4. The lowest BCUT2D eigenvalue weighted by Gasteiger charge is -2.32. The fourth-order valence-corrected chi connectivity index (χ4v) is 4.22. The van der Waals surface area contributed by atoms with E-state index in [1.807, 2.05) is 6.07 Å². The van der Waals surface area contributed by atoms with Gasteiger partial charge in [0.2, 0.25) is 0 Å². The Morgan fingerprint density at radius 3 is 2.09 bits per heavy atom. The van der Waals surface area contributed by atoms with Crippen molar-refractivity contribution in [1.82, 2.24) is 9.55 Å². The predicted molar refractivity (Wildman–Crippen MR) is 132 cm³/mol. The quantitative estimate of drug-likeness (QED) is 0.403. The van der Waals surface area contributed by atoms with E-state index in [-0.39, 0.29) is 18.3 Å². The Morgan fingerprint density at radius 1 is 0.812 bits per heavy atom. The van der Waals surface area contributed by atoms with Gasteiger partial charge in [-0.3, -0.25) is 4.57 Å². The third-order valence-corrected chi connectivity index (χ3v) is 6.82. The number of benzene rings is 3. The molecule has 1 aliphatic rings. The van der Waals surface area contributed by atoms with Crippen LogP contribution in [0.1, 0.15) is 40.4 Å². The summed E-state index contributed by atoms with van der Waals surface area (Å²) in [5, 5.41) is 0. The highest BCUT2D eigenvalue weighted by atomic mass is 16.7. The molecule has 162 valence electrons. The van der Waals surface area contributed by atoms with Gasteiger partial charge in [0.15, 0.2) is 0 Å². The van der Waals surface area contributed by atoms with Gasteiger partial charge in [-0.25, -0.2) is 4.98 Å². The van der Waals surface area contributed by atoms with Gasteiger partial charge in [-0.15, -0.1) is 0 Å². The number of nitrogens with zero attached hydrogens (tertiary/aromatic N) is 2. The van der Waals surface area contributed by atoms with Crippen LogP contribution < -0.4 is 5.46 Å². The predicted octanol–water partition coefficient (Wildman–Crippen LogP) is 5.55. The minimum atomic E-state index is -0.357. The van der Waals surface area contributed by atoms with Gasteiger partial charge in [0.05, 0.1) is 22.2 Å². The molecule has 1 aliphatic heterocycles. The van der Waals surface area contributed by atoms with Crippen LogP contribution in [0.25, 0.3) is 27.8 Å². The summed E-state index contributed by atoms with van der Waals surface area (Å²) >= 11 is 0. The van der Waals surface area contributed by atoms with Gasteiger partial charge in [0, 0.05) is 12.1 Å². The van der Waals surface area contributed by atoms with Crippen LogP contribution in [0.15, 0.2) is 72.8 Å². The number of rotatable bonds is 4. The highest BCUT2D eigenvalue weighted by Gasteiger charge is 2.51. The van der Waals surface area contributed by atoms with Crippen molar-refractivity contribution in [3.8, 4) is 16.8 Å². The second-order valence-electron chi connectivity index (χ2n) is 9.47. The van der Waals surface area contributed by atoms with Gasteiger partial charge in [-0.1, -0.05) is 55.5 Å². The van der Waals surface area contributed by atoms with E-state index in [0.717, 1.165) is 34.4 Å². The first-order chi connectivity index (χ1) is 15.3. The molecule has 0 bridgehead atoms. The standard InChI is InChI=1S/C27H29BN2O2/c1-6-25-29-23-17-12-20(19-10-8-7-9-11-19)18-24(23)30(25)22-15-13-21(14-16-22)28-31-26(2,3)27(4,5)32-28/h7-18H,6H2,1-5H3. The molecule has 3 aromatic carbocycles. The summed E-state index contributed by atoms with van der Waals surface area (Å²) in [6.07, 6.45) is 0.855. The molecule has 0 spiro atoms. The second-order valence-corrected chi connectivity index (χ2v) is 9.47. The second kappa shape index (κ2) is 7.61. The lowest BCUT2D eigenvalue weighted by atomic mass is 9.79. The average molecular weight is 424 g/mol. The Morgan fingerprint density at radius 2 is 1.47 bits per heavy atom. The largest absolute Gasteiger partial charge is 0.494 e. The third-order valence-electron chi connectivity index (χ3n) is 6.82. The fourth-order valence-electron chi connectivity index (χ4n) is 4.22. The van der Waals surface area contributed by atoms with E-state index in [1.165, 1.54) is 11.1 Å². The summed E-state index contributed by atoms with van der Waals surface area (Å²) in [6.45, 7) is 10.5. The molecule has 0 atom stereocenters. The summed E-state index contributed by atoms with van der Waals surface area (Å²) in [5.74, 6) is 1.05. The first-order valence-electron chi connectivity index (χ1n) is 11.3. The van der Waals surface area contributed by atoms with Crippen LogP contribution in [0.3, 0.4) is 0 Å². The Labute approximate surface area is 190 Å². The van der Waals surface area contributed by atoms with Crippen molar-refractivity contribution in [2.45, 2.75) is 52.2 Å². The van der Waals surface area contributed by atoms with E-state index in [4.69, 9.17) is 14.3 Å². The summed E-state index contributed by atoms with van der Waals surface area (Å²) in [7, 11) is -0.357. The van der Waals surface area contributed by atoms with Gasteiger partial charge in [0.1, 0.15) is 5.82 Å². The first kappa shape index (κ1) is 21.0. The van der Waals surface area contributed by atoms with Gasteiger partial charge < -0.3 is 9.31 Å². The van der Waals surface area contributed by atoms with Crippen molar-refractivity contribution in [2.75, 3.05) is 0 Å². The van der Waals surface area contributed by atoms with E-state index in [0.29, 0.717) is 0 Å². The van der Waals surface area contributed by atoms with Crippen LogP contribution in [-0.4, -0.2) is 27.9 Å². The monoisotopic (exact) mass is 424 g/mol. The minimum absolute atomic E-state index is 0.347. The van der Waals surface area contributed by atoms with Gasteiger partial charge in [-0.05, 0) is 68.6 Å². The first-order valence-corrected chi connectivity index (χ1v) is 11.3. The molecule has 1 aromatic heterocycles. The third kappa shape index (κ3) is 3.46. The van der Waals surface area contributed by atoms with E-state index >= 15 is 0 Å². The lowest BCUT2D eigenvalue weighted by molar-refractivity contribution is 0.00578. The molecule has 0 aliphatic carbocycles. The van der Waals surface area contributed by atoms with Gasteiger partial charge in [0.25, 0.3) is 0 Å². The molecule has 0 N–H and O–H groups in total. The van der Waals surface area contributed by atoms with Crippen molar-refractivity contribution < 1.29 is 9.31 Å². The van der Waals surface area contributed by atoms with Crippen molar-refractivity contribution >= 4 is 23.6 Å². The topological polar surface area (TPSA) is 36.3 Å². The highest BCUT2D eigenvalue weighted by Crippen LogP contribution is 2.36. The van der Waals surface area contributed by atoms with Crippen molar-refractivity contribution in [2.24, 2.45) is 0 Å². The molecule has 4 aromatic rings. The molecule has 1 saturated heterocycles. The molecule has 1 fully saturated rings. The molecule has 4 nitrogen and oxygen atoms in total. The molecule has 5 heteroatoms. The molecule has 0 radical (unpaired) electrons. The van der Waals surface area contributed by atoms with E-state index < -0.39 is 0 Å². The van der Waals surface area contributed by atoms with Gasteiger partial charge >= 0.3 is 7.12 Å². The van der Waals surface area contributed by atoms with E-state index in [2.05, 4.69) is 106 Å². The summed E-state index contributed by atoms with van der Waals surface area (Å²) in [4.78, 5) is 4.89. The molecule has 32 heavy (non-hydrogen) atoms. The zero-order valence-electron chi connectivity index (χ0n) is 19.4. The molecule has 2 heterocycles. The maximum atomic E-state index is 6.22. The van der Waals surface area contributed by atoms with Gasteiger partial charge in [-0.2, -0.15) is 0 Å². The fraction of sp³-hybridized carbons (Fsp3) is 0.296. The van der Waals surface area contributed by atoms with E-state index in [1.54, 1.807) is 0 Å². The minimum Gasteiger partial charge on any atom is -0.399 e. The summed E-state index contributed by atoms with van der Waals surface area (Å²) < 4.78 is 14.7. The smallest absolute Gasteiger partial charge is 0.399 e. The SMILES string of the molecule is CCc1nc2ccc(-c3ccccc3)cc2n1-c1ccc(B2OC(C)(C)C(C)(C)O2)cc1. The normalized spacial score (nSPS) is 17.2. The van der Waals surface area contributed by atoms with Crippen LogP contribution in [0.5, 0.6) is 0 Å². The maximum absolute atomic E-state index is 6.22. The lowest BCUT2D eigenvalue weighted by Crippen LogP contribution is -2.41. The Balaban J connectivity index is 1.54. The highest BCUT2D eigenvalue weighted by molar-refractivity contribution is 6.62. The molecule has 0 amide bonds. The van der Waals surface area contributed by atoms with Crippen molar-refractivity contribution in [1.29, 1.82) is 0 Å². The Kier molecular flexibility index (Phi) is 4.99.